The van der Waals surface area contributed by atoms with Crippen LogP contribution in [0, 0.1) is 0 Å². The summed E-state index contributed by atoms with van der Waals surface area (Å²) in [5.41, 5.74) is 1.15. The first-order valence-corrected chi connectivity index (χ1v) is 27.1. The molecule has 2 aromatic rings. The third-order valence-corrected chi connectivity index (χ3v) is 19.9. The topological polar surface area (TPSA) is 46.2 Å². The summed E-state index contributed by atoms with van der Waals surface area (Å²) in [7, 11) is -0.0416. The van der Waals surface area contributed by atoms with Crippen LogP contribution in [0.4, 0.5) is 0 Å². The Morgan fingerprint density at radius 1 is 0.426 bits per heavy atom. The summed E-state index contributed by atoms with van der Waals surface area (Å²) in [4.78, 5) is 10.6. The molecule has 0 amide bonds. The predicted octanol–water partition coefficient (Wildman–Crippen LogP) is 10.4. The van der Waals surface area contributed by atoms with E-state index in [9.17, 15) is 0 Å². The highest BCUT2D eigenvalue weighted by Crippen LogP contribution is 2.21. The molecule has 8 heteroatoms. The predicted molar refractivity (Wildman–Crippen MR) is 208 cm³/mol. The van der Waals surface area contributed by atoms with Crippen LogP contribution < -0.4 is 10.4 Å². The van der Waals surface area contributed by atoms with E-state index in [1.165, 1.54) is 95.6 Å². The van der Waals surface area contributed by atoms with E-state index in [-0.39, 0.29) is 0 Å². The highest BCUT2D eigenvalue weighted by Gasteiger charge is 2.36. The first-order valence-electron chi connectivity index (χ1n) is 18.7. The molecule has 0 N–H and O–H groups in total. The molecule has 0 spiro atoms. The third kappa shape index (κ3) is 17.4. The van der Waals surface area contributed by atoms with E-state index in [0.717, 1.165) is 24.4 Å². The lowest BCUT2D eigenvalue weighted by molar-refractivity contribution is -0.304. The second-order valence-electron chi connectivity index (χ2n) is 14.8. The number of rotatable bonds is 29. The lowest BCUT2D eigenvalue weighted by Gasteiger charge is -2.26. The molecule has 0 aliphatic heterocycles. The van der Waals surface area contributed by atoms with E-state index >= 15 is 0 Å². The van der Waals surface area contributed by atoms with E-state index in [4.69, 9.17) is 23.1 Å². The van der Waals surface area contributed by atoms with Gasteiger partial charge in [0.05, 0.1) is 22.8 Å². The molecule has 268 valence electrons. The third-order valence-electron chi connectivity index (χ3n) is 10.1. The van der Waals surface area contributed by atoms with E-state index in [2.05, 4.69) is 62.6 Å². The van der Waals surface area contributed by atoms with Gasteiger partial charge >= 0.3 is 8.80 Å². The fraction of sp³-hybridized carbons (Fsp3) is 0.692. The summed E-state index contributed by atoms with van der Waals surface area (Å²) >= 11 is 0. The Morgan fingerprint density at radius 2 is 0.809 bits per heavy atom. The molecule has 0 atom stereocenters. The molecule has 0 heterocycles. The fourth-order valence-corrected chi connectivity index (χ4v) is 13.3. The van der Waals surface area contributed by atoms with Gasteiger partial charge in [0, 0.05) is 27.4 Å². The molecule has 0 aliphatic carbocycles. The van der Waals surface area contributed by atoms with Gasteiger partial charge in [-0.25, -0.2) is 9.78 Å². The van der Waals surface area contributed by atoms with Crippen molar-refractivity contribution in [3.8, 4) is 0 Å². The molecule has 0 saturated heterocycles. The summed E-state index contributed by atoms with van der Waals surface area (Å²) in [6, 6.07) is 23.9. The van der Waals surface area contributed by atoms with Gasteiger partial charge in [0.25, 0.3) is 0 Å². The fourth-order valence-electron chi connectivity index (χ4n) is 6.54. The lowest BCUT2D eigenvalue weighted by atomic mass is 10.1. The molecule has 0 fully saturated rings. The number of benzene rings is 2. The van der Waals surface area contributed by atoms with Crippen molar-refractivity contribution >= 4 is 35.3 Å². The van der Waals surface area contributed by atoms with Gasteiger partial charge in [-0.05, 0) is 18.4 Å². The molecule has 0 bridgehead atoms. The summed E-state index contributed by atoms with van der Waals surface area (Å²) in [5.74, 6) is 0. The van der Waals surface area contributed by atoms with Crippen LogP contribution in [0.25, 0.3) is 0 Å². The Kier molecular flexibility index (Phi) is 21.6. The van der Waals surface area contributed by atoms with Crippen LogP contribution in [-0.4, -0.2) is 52.9 Å². The molecule has 0 radical (unpaired) electrons. The summed E-state index contributed by atoms with van der Waals surface area (Å²) < 4.78 is 16.6. The van der Waals surface area contributed by atoms with Crippen molar-refractivity contribution in [2.75, 3.05) is 27.9 Å². The zero-order chi connectivity index (χ0) is 34.3. The molecule has 2 rings (SSSR count). The van der Waals surface area contributed by atoms with Crippen molar-refractivity contribution in [2.45, 2.75) is 147 Å². The van der Waals surface area contributed by atoms with Gasteiger partial charge in [0.1, 0.15) is 6.61 Å². The van der Waals surface area contributed by atoms with Gasteiger partial charge in [-0.2, -0.15) is 0 Å². The van der Waals surface area contributed by atoms with Crippen LogP contribution in [0.2, 0.25) is 44.3 Å². The van der Waals surface area contributed by atoms with E-state index in [1.54, 1.807) is 31.7 Å². The average molecular weight is 703 g/mol. The second-order valence-corrected chi connectivity index (χ2v) is 27.5. The van der Waals surface area contributed by atoms with Crippen LogP contribution in [0.5, 0.6) is 0 Å². The van der Waals surface area contributed by atoms with Crippen molar-refractivity contribution in [2.24, 2.45) is 0 Å². The van der Waals surface area contributed by atoms with Crippen molar-refractivity contribution in [1.82, 2.24) is 0 Å². The SMILES string of the molecule is CO[Si](CCCCCCCC[Si](C)(C)c1ccc([Si](C)(C)CCCCCCCCCCCOOCc2ccccc2)cc1)(OC)OC. The molecule has 47 heavy (non-hydrogen) atoms. The second kappa shape index (κ2) is 24.1. The molecule has 0 aromatic heterocycles. The van der Waals surface area contributed by atoms with Crippen molar-refractivity contribution < 1.29 is 23.1 Å². The van der Waals surface area contributed by atoms with Crippen LogP contribution in [0.1, 0.15) is 102 Å². The molecular weight excluding hydrogens is 633 g/mol. The summed E-state index contributed by atoms with van der Waals surface area (Å²) in [5, 5.41) is 3.28. The first-order chi connectivity index (χ1) is 22.7. The molecule has 0 saturated carbocycles. The van der Waals surface area contributed by atoms with Crippen molar-refractivity contribution in [3.05, 3.63) is 60.2 Å². The molecular formula is C39H70O5Si3. The Hall–Kier alpha value is -1.11. The van der Waals surface area contributed by atoms with Gasteiger partial charge in [-0.15, -0.1) is 0 Å². The van der Waals surface area contributed by atoms with Gasteiger partial charge in [-0.1, -0.05) is 187 Å². The Morgan fingerprint density at radius 3 is 1.23 bits per heavy atom. The molecule has 5 nitrogen and oxygen atoms in total. The van der Waals surface area contributed by atoms with Crippen molar-refractivity contribution in [1.29, 1.82) is 0 Å². The number of hydrogen-bond acceptors (Lipinski definition) is 5. The van der Waals surface area contributed by atoms with E-state index < -0.39 is 25.0 Å². The minimum absolute atomic E-state index is 0.527. The minimum Gasteiger partial charge on any atom is -0.377 e. The minimum atomic E-state index is -2.40. The molecule has 0 aliphatic rings. The maximum absolute atomic E-state index is 5.54. The quantitative estimate of drug-likeness (QED) is 0.0365. The zero-order valence-electron chi connectivity index (χ0n) is 31.4. The van der Waals surface area contributed by atoms with Crippen LogP contribution in [0.15, 0.2) is 54.6 Å². The highest BCUT2D eigenvalue weighted by molar-refractivity contribution is 6.91. The van der Waals surface area contributed by atoms with Crippen molar-refractivity contribution in [3.63, 3.8) is 0 Å². The summed E-state index contributed by atoms with van der Waals surface area (Å²) in [6.07, 6.45) is 19.5. The van der Waals surface area contributed by atoms with E-state index in [0.29, 0.717) is 13.2 Å². The van der Waals surface area contributed by atoms with Crippen LogP contribution in [-0.2, 0) is 29.7 Å². The van der Waals surface area contributed by atoms with Gasteiger partial charge < -0.3 is 13.3 Å². The highest BCUT2D eigenvalue weighted by atomic mass is 28.4. The standard InChI is InChI=1S/C39H70O5Si3/c1-40-47(41-2,42-3)35-25-18-14-13-17-24-34-46(6,7)39-30-28-38(29-31-39)45(4,5)33-23-16-12-10-8-9-11-15-22-32-43-44-36-37-26-20-19-21-27-37/h19-21,26-31H,8-18,22-25,32-36H2,1-7H3. The van der Waals surface area contributed by atoms with Crippen LogP contribution in [0.3, 0.4) is 0 Å². The van der Waals surface area contributed by atoms with Crippen LogP contribution >= 0.6 is 0 Å². The largest absolute Gasteiger partial charge is 0.500 e. The molecule has 0 unspecified atom stereocenters. The van der Waals surface area contributed by atoms with E-state index in [1.807, 2.05) is 18.2 Å². The number of hydrogen-bond donors (Lipinski definition) is 0. The zero-order valence-corrected chi connectivity index (χ0v) is 34.4. The lowest BCUT2D eigenvalue weighted by Crippen LogP contribution is -2.45. The summed E-state index contributed by atoms with van der Waals surface area (Å²) in [6.45, 7) is 11.5. The Labute approximate surface area is 292 Å². The average Bonchev–Trinajstić information content (AvgIpc) is 3.08. The maximum Gasteiger partial charge on any atom is 0.500 e. The number of unbranched alkanes of at least 4 members (excludes halogenated alkanes) is 13. The monoisotopic (exact) mass is 702 g/mol. The van der Waals surface area contributed by atoms with Gasteiger partial charge in [0.15, 0.2) is 0 Å². The molecule has 2 aromatic carbocycles. The van der Waals surface area contributed by atoms with Gasteiger partial charge in [0.2, 0.25) is 0 Å². The Bertz CT molecular complexity index is 1020. The Balaban J connectivity index is 1.50. The normalized spacial score (nSPS) is 12.6. The first kappa shape index (κ1) is 42.1. The van der Waals surface area contributed by atoms with Gasteiger partial charge in [-0.3, -0.25) is 0 Å². The maximum atomic E-state index is 5.54. The smallest absolute Gasteiger partial charge is 0.377 e.